The summed E-state index contributed by atoms with van der Waals surface area (Å²) in [6.07, 6.45) is 7.77. The van der Waals surface area contributed by atoms with Gasteiger partial charge in [0.1, 0.15) is 11.4 Å². The first kappa shape index (κ1) is 27.6. The number of aryl methyl sites for hydroxylation is 1. The maximum Gasteiger partial charge on any atom is 0.410 e. The number of rotatable bonds is 8. The molecule has 0 bridgehead atoms. The lowest BCUT2D eigenvalue weighted by Gasteiger charge is -2.35. The van der Waals surface area contributed by atoms with Gasteiger partial charge in [0.2, 0.25) is 0 Å². The number of piperidine rings is 1. The topological polar surface area (TPSA) is 32.8 Å². The fourth-order valence-corrected chi connectivity index (χ4v) is 6.24. The predicted molar refractivity (Wildman–Crippen MR) is 148 cm³/mol. The van der Waals surface area contributed by atoms with Crippen LogP contribution in [0.25, 0.3) is 0 Å². The number of ether oxygens (including phenoxy) is 1. The molecule has 0 N–H and O–H groups in total. The van der Waals surface area contributed by atoms with Crippen molar-refractivity contribution < 1.29 is 13.9 Å². The van der Waals surface area contributed by atoms with E-state index in [9.17, 15) is 9.18 Å². The molecular formula is C32H45FN2O2. The number of hydrogen-bond donors (Lipinski definition) is 0. The Bertz CT molecular complexity index is 980. The van der Waals surface area contributed by atoms with Crippen LogP contribution in [0.3, 0.4) is 0 Å². The highest BCUT2D eigenvalue weighted by molar-refractivity contribution is 5.68. The van der Waals surface area contributed by atoms with Gasteiger partial charge in [0, 0.05) is 19.6 Å². The Morgan fingerprint density at radius 1 is 1.03 bits per heavy atom. The van der Waals surface area contributed by atoms with Crippen LogP contribution in [0.1, 0.15) is 76.3 Å². The van der Waals surface area contributed by atoms with Crippen LogP contribution in [0.15, 0.2) is 54.6 Å². The summed E-state index contributed by atoms with van der Waals surface area (Å²) in [6, 6.07) is 18.0. The highest BCUT2D eigenvalue weighted by Gasteiger charge is 2.40. The smallest absolute Gasteiger partial charge is 0.410 e. The summed E-state index contributed by atoms with van der Waals surface area (Å²) >= 11 is 0. The normalized spacial score (nSPS) is 23.2. The molecule has 0 aromatic heterocycles. The third-order valence-corrected chi connectivity index (χ3v) is 8.32. The molecule has 37 heavy (non-hydrogen) atoms. The van der Waals surface area contributed by atoms with Crippen LogP contribution < -0.4 is 0 Å². The molecule has 0 unspecified atom stereocenters. The van der Waals surface area contributed by atoms with Crippen molar-refractivity contribution in [3.8, 4) is 0 Å². The number of nitrogens with zero attached hydrogens (tertiary/aromatic N) is 2. The van der Waals surface area contributed by atoms with Crippen LogP contribution in [0.2, 0.25) is 0 Å². The summed E-state index contributed by atoms with van der Waals surface area (Å²) in [6.45, 7) is 9.19. The number of benzene rings is 2. The third-order valence-electron chi connectivity index (χ3n) is 8.32. The summed E-state index contributed by atoms with van der Waals surface area (Å²) < 4.78 is 18.8. The van der Waals surface area contributed by atoms with Crippen LogP contribution >= 0.6 is 0 Å². The first-order chi connectivity index (χ1) is 17.7. The van der Waals surface area contributed by atoms with Gasteiger partial charge in [-0.3, -0.25) is 0 Å². The molecule has 5 heteroatoms. The number of carbonyl (C=O) groups excluding carboxylic acids is 1. The van der Waals surface area contributed by atoms with Gasteiger partial charge in [-0.1, -0.05) is 48.9 Å². The van der Waals surface area contributed by atoms with E-state index in [0.29, 0.717) is 11.8 Å². The van der Waals surface area contributed by atoms with Crippen molar-refractivity contribution in [1.82, 2.24) is 9.80 Å². The van der Waals surface area contributed by atoms with Gasteiger partial charge >= 0.3 is 6.09 Å². The summed E-state index contributed by atoms with van der Waals surface area (Å²) in [5.74, 6) is 1.63. The molecular weight excluding hydrogens is 463 g/mol. The molecule has 3 atom stereocenters. The quantitative estimate of drug-likeness (QED) is 0.375. The van der Waals surface area contributed by atoms with Gasteiger partial charge in [-0.15, -0.1) is 0 Å². The fourth-order valence-electron chi connectivity index (χ4n) is 6.24. The molecule has 1 heterocycles. The zero-order valence-electron chi connectivity index (χ0n) is 23.2. The zero-order chi connectivity index (χ0) is 26.4. The summed E-state index contributed by atoms with van der Waals surface area (Å²) in [5.41, 5.74) is 2.15. The van der Waals surface area contributed by atoms with E-state index in [1.807, 2.05) is 44.9 Å². The monoisotopic (exact) mass is 508 g/mol. The maximum atomic E-state index is 13.1. The maximum absolute atomic E-state index is 13.1. The van der Waals surface area contributed by atoms with Gasteiger partial charge in [0.25, 0.3) is 0 Å². The second-order valence-electron chi connectivity index (χ2n) is 12.3. The Morgan fingerprint density at radius 3 is 2.35 bits per heavy atom. The zero-order valence-corrected chi connectivity index (χ0v) is 23.2. The van der Waals surface area contributed by atoms with E-state index >= 15 is 0 Å². The van der Waals surface area contributed by atoms with Gasteiger partial charge in [-0.05, 0) is 113 Å². The van der Waals surface area contributed by atoms with E-state index in [4.69, 9.17) is 4.74 Å². The number of hydrogen-bond acceptors (Lipinski definition) is 3. The Kier molecular flexibility index (Phi) is 9.28. The van der Waals surface area contributed by atoms with Gasteiger partial charge in [0.15, 0.2) is 0 Å². The predicted octanol–water partition coefficient (Wildman–Crippen LogP) is 7.29. The highest BCUT2D eigenvalue weighted by Crippen LogP contribution is 2.42. The third kappa shape index (κ3) is 8.04. The van der Waals surface area contributed by atoms with Crippen LogP contribution in [0, 0.1) is 17.7 Å². The highest BCUT2D eigenvalue weighted by atomic mass is 19.1. The average molecular weight is 509 g/mol. The molecule has 0 spiro atoms. The second kappa shape index (κ2) is 12.4. The minimum atomic E-state index is -0.481. The molecule has 1 saturated heterocycles. The Morgan fingerprint density at radius 2 is 1.70 bits per heavy atom. The van der Waals surface area contributed by atoms with Crippen LogP contribution in [-0.4, -0.2) is 54.2 Å². The number of amides is 1. The Balaban J connectivity index is 1.29. The van der Waals surface area contributed by atoms with E-state index in [-0.39, 0.29) is 18.0 Å². The number of carbonyl (C=O) groups is 1. The molecule has 202 valence electrons. The van der Waals surface area contributed by atoms with E-state index in [1.165, 1.54) is 36.8 Å². The minimum Gasteiger partial charge on any atom is -0.444 e. The number of likely N-dealkylation sites (tertiary alicyclic amines) is 1. The van der Waals surface area contributed by atoms with Crippen molar-refractivity contribution in [2.24, 2.45) is 11.8 Å². The second-order valence-corrected chi connectivity index (χ2v) is 12.3. The Labute approximate surface area is 223 Å². The molecule has 1 aliphatic heterocycles. The van der Waals surface area contributed by atoms with Crippen molar-refractivity contribution >= 4 is 6.09 Å². The molecule has 1 amide bonds. The lowest BCUT2D eigenvalue weighted by Crippen LogP contribution is -2.40. The first-order valence-corrected chi connectivity index (χ1v) is 14.2. The summed E-state index contributed by atoms with van der Waals surface area (Å²) in [7, 11) is 1.90. The number of halogens is 1. The fraction of sp³-hybridized carbons (Fsp3) is 0.594. The van der Waals surface area contributed by atoms with Gasteiger partial charge in [-0.25, -0.2) is 9.18 Å². The van der Waals surface area contributed by atoms with Crippen molar-refractivity contribution in [2.75, 3.05) is 26.7 Å². The van der Waals surface area contributed by atoms with Crippen LogP contribution in [0.4, 0.5) is 9.18 Å². The van der Waals surface area contributed by atoms with Crippen LogP contribution in [-0.2, 0) is 11.2 Å². The summed E-state index contributed by atoms with van der Waals surface area (Å²) in [5, 5.41) is 0. The van der Waals surface area contributed by atoms with Gasteiger partial charge < -0.3 is 14.5 Å². The van der Waals surface area contributed by atoms with Crippen molar-refractivity contribution in [3.05, 3.63) is 71.5 Å². The van der Waals surface area contributed by atoms with Gasteiger partial charge in [-0.2, -0.15) is 0 Å². The van der Waals surface area contributed by atoms with Crippen LogP contribution in [0.5, 0.6) is 0 Å². The SMILES string of the molecule is CN(C(=O)OC(C)(C)C)[C@H]1C[C@@H](CN2CCC(CCCc3ccc(F)cc3)CC2)[C@H](c2ccccc2)C1. The minimum absolute atomic E-state index is 0.157. The molecule has 4 rings (SSSR count). The lowest BCUT2D eigenvalue weighted by atomic mass is 9.87. The average Bonchev–Trinajstić information content (AvgIpc) is 3.29. The molecule has 2 aliphatic rings. The van der Waals surface area contributed by atoms with E-state index in [0.717, 1.165) is 44.8 Å². The molecule has 0 radical (unpaired) electrons. The first-order valence-electron chi connectivity index (χ1n) is 14.2. The molecule has 2 fully saturated rings. The van der Waals surface area contributed by atoms with Crippen molar-refractivity contribution in [2.45, 2.75) is 83.3 Å². The van der Waals surface area contributed by atoms with E-state index < -0.39 is 5.60 Å². The molecule has 2 aromatic carbocycles. The molecule has 4 nitrogen and oxygen atoms in total. The van der Waals surface area contributed by atoms with E-state index in [1.54, 1.807) is 12.1 Å². The van der Waals surface area contributed by atoms with Crippen molar-refractivity contribution in [3.63, 3.8) is 0 Å². The standard InChI is InChI=1S/C32H45FN2O2/c1-32(2,3)37-31(36)34(4)29-21-27(30(22-29)26-11-6-5-7-12-26)23-35-19-17-25(18-20-35)10-8-9-24-13-15-28(33)16-14-24/h5-7,11-16,25,27,29-30H,8-10,17-23H2,1-4H3/t27-,29-,30-/m0/s1. The van der Waals surface area contributed by atoms with E-state index in [2.05, 4.69) is 35.2 Å². The summed E-state index contributed by atoms with van der Waals surface area (Å²) in [4.78, 5) is 17.3. The Hall–Kier alpha value is -2.40. The molecule has 1 saturated carbocycles. The molecule has 1 aliphatic carbocycles. The molecule has 2 aromatic rings. The largest absolute Gasteiger partial charge is 0.444 e. The van der Waals surface area contributed by atoms with Gasteiger partial charge in [0.05, 0.1) is 0 Å². The van der Waals surface area contributed by atoms with Crippen molar-refractivity contribution in [1.29, 1.82) is 0 Å². The lowest BCUT2D eigenvalue weighted by molar-refractivity contribution is 0.0221.